The predicted molar refractivity (Wildman–Crippen MR) is 188 cm³/mol. The Morgan fingerprint density at radius 1 is 0.854 bits per heavy atom. The molecule has 5 rings (SSSR count). The second-order valence-electron chi connectivity index (χ2n) is 15.3. The zero-order valence-corrected chi connectivity index (χ0v) is 29.3. The molecule has 1 amide bonds. The van der Waals surface area contributed by atoms with Crippen LogP contribution in [0.4, 0.5) is 13.2 Å². The highest BCUT2D eigenvalue weighted by molar-refractivity contribution is 6.06. The lowest BCUT2D eigenvalue weighted by Gasteiger charge is -2.29. The Morgan fingerprint density at radius 3 is 2.12 bits per heavy atom. The van der Waals surface area contributed by atoms with Gasteiger partial charge in [-0.2, -0.15) is 13.2 Å². The van der Waals surface area contributed by atoms with Crippen LogP contribution in [-0.2, 0) is 24.6 Å². The van der Waals surface area contributed by atoms with Crippen LogP contribution in [-0.4, -0.2) is 33.7 Å². The van der Waals surface area contributed by atoms with E-state index in [1.807, 2.05) is 50.2 Å². The van der Waals surface area contributed by atoms with Gasteiger partial charge in [-0.25, -0.2) is 0 Å². The maximum absolute atomic E-state index is 14.9. The number of hydrogen-bond donors (Lipinski definition) is 0. The number of aromatic nitrogens is 1. The number of Topliss-reactive ketones (excluding diaryl/α,β-unsaturated/α-hetero) is 1. The molecule has 0 bridgehead atoms. The molecule has 0 radical (unpaired) electrons. The van der Waals surface area contributed by atoms with E-state index in [2.05, 4.69) is 57.5 Å². The SMILES string of the molecule is CC(C)CCc1cc(C(F)(F)F)ccc1C(=O)C1C(c2cn(CCC(C)C)c3ccccc23)CCN1C(=O)c1ccc(C(C)(C)C)cc1. The Hall–Kier alpha value is -3.87. The second kappa shape index (κ2) is 13.9. The largest absolute Gasteiger partial charge is 0.416 e. The number of aryl methyl sites for hydroxylation is 2. The fraction of sp³-hybridized carbons (Fsp3) is 0.463. The summed E-state index contributed by atoms with van der Waals surface area (Å²) in [5.74, 6) is -0.107. The molecular formula is C41H49F3N2O2. The molecule has 1 aliphatic rings. The predicted octanol–water partition coefficient (Wildman–Crippen LogP) is 10.5. The van der Waals surface area contributed by atoms with Crippen LogP contribution in [0.25, 0.3) is 10.9 Å². The molecule has 0 saturated carbocycles. The molecule has 2 atom stereocenters. The second-order valence-corrected chi connectivity index (χ2v) is 15.3. The summed E-state index contributed by atoms with van der Waals surface area (Å²) >= 11 is 0. The number of benzene rings is 3. The summed E-state index contributed by atoms with van der Waals surface area (Å²) in [7, 11) is 0. The van der Waals surface area contributed by atoms with Crippen LogP contribution in [0.5, 0.6) is 0 Å². The Labute approximate surface area is 283 Å². The maximum atomic E-state index is 14.9. The monoisotopic (exact) mass is 658 g/mol. The van der Waals surface area contributed by atoms with Crippen LogP contribution in [0.1, 0.15) is 117 Å². The van der Waals surface area contributed by atoms with Gasteiger partial charge in [0.2, 0.25) is 0 Å². The van der Waals surface area contributed by atoms with Crippen LogP contribution >= 0.6 is 0 Å². The summed E-state index contributed by atoms with van der Waals surface area (Å²) in [6, 6.07) is 18.3. The number of carbonyl (C=O) groups is 2. The average molecular weight is 659 g/mol. The molecule has 0 aliphatic carbocycles. The third-order valence-corrected chi connectivity index (χ3v) is 9.78. The molecular weight excluding hydrogens is 609 g/mol. The van der Waals surface area contributed by atoms with Gasteiger partial charge in [-0.3, -0.25) is 9.59 Å². The molecule has 2 heterocycles. The van der Waals surface area contributed by atoms with Crippen LogP contribution < -0.4 is 0 Å². The summed E-state index contributed by atoms with van der Waals surface area (Å²) in [4.78, 5) is 30.8. The zero-order chi connectivity index (χ0) is 35.0. The van der Waals surface area contributed by atoms with Crippen LogP contribution in [0.15, 0.2) is 72.9 Å². The highest BCUT2D eigenvalue weighted by Gasteiger charge is 2.45. The Bertz CT molecular complexity index is 1760. The van der Waals surface area contributed by atoms with E-state index in [0.29, 0.717) is 42.9 Å². The molecule has 2 unspecified atom stereocenters. The van der Waals surface area contributed by atoms with Gasteiger partial charge in [0.25, 0.3) is 5.91 Å². The van der Waals surface area contributed by atoms with Gasteiger partial charge >= 0.3 is 6.18 Å². The fourth-order valence-corrected chi connectivity index (χ4v) is 6.92. The van der Waals surface area contributed by atoms with Gasteiger partial charge in [-0.05, 0) is 90.0 Å². The molecule has 4 nitrogen and oxygen atoms in total. The standard InChI is InChI=1S/C41H49F3N2O2/c1-26(2)12-13-29-24-31(41(42,43)44)18-19-32(29)38(47)37-34(35-25-45(22-20-27(3)4)36-11-9-8-10-33(35)36)21-23-46(37)39(48)28-14-16-30(17-15-28)40(5,6)7/h8-11,14-19,24-27,34,37H,12-13,20-23H2,1-7H3. The molecule has 3 aromatic carbocycles. The third kappa shape index (κ3) is 7.55. The lowest BCUT2D eigenvalue weighted by molar-refractivity contribution is -0.137. The van der Waals surface area contributed by atoms with Crippen molar-refractivity contribution in [1.82, 2.24) is 9.47 Å². The van der Waals surface area contributed by atoms with Crippen molar-refractivity contribution in [2.24, 2.45) is 11.8 Å². The molecule has 7 heteroatoms. The molecule has 1 aliphatic heterocycles. The van der Waals surface area contributed by atoms with Gasteiger partial charge in [-0.1, -0.05) is 84.9 Å². The summed E-state index contributed by atoms with van der Waals surface area (Å²) in [5, 5.41) is 1.04. The van der Waals surface area contributed by atoms with Crippen LogP contribution in [0, 0.1) is 11.8 Å². The smallest absolute Gasteiger partial charge is 0.347 e. The van der Waals surface area contributed by atoms with Crippen molar-refractivity contribution in [3.8, 4) is 0 Å². The van der Waals surface area contributed by atoms with Gasteiger partial charge in [0, 0.05) is 47.2 Å². The van der Waals surface area contributed by atoms with E-state index in [1.165, 1.54) is 6.07 Å². The fourth-order valence-electron chi connectivity index (χ4n) is 6.92. The minimum Gasteiger partial charge on any atom is -0.347 e. The third-order valence-electron chi connectivity index (χ3n) is 9.78. The highest BCUT2D eigenvalue weighted by Crippen LogP contribution is 2.41. The number of halogens is 3. The molecule has 0 spiro atoms. The quantitative estimate of drug-likeness (QED) is 0.159. The van der Waals surface area contributed by atoms with Gasteiger partial charge in [0.1, 0.15) is 6.04 Å². The van der Waals surface area contributed by atoms with E-state index >= 15 is 0 Å². The van der Waals surface area contributed by atoms with E-state index in [9.17, 15) is 22.8 Å². The maximum Gasteiger partial charge on any atom is 0.416 e. The van der Waals surface area contributed by atoms with Gasteiger partial charge in [0.15, 0.2) is 5.78 Å². The highest BCUT2D eigenvalue weighted by atomic mass is 19.4. The summed E-state index contributed by atoms with van der Waals surface area (Å²) < 4.78 is 43.8. The van der Waals surface area contributed by atoms with Crippen molar-refractivity contribution in [2.75, 3.05) is 6.54 Å². The van der Waals surface area contributed by atoms with Gasteiger partial charge in [-0.15, -0.1) is 0 Å². The number of ketones is 1. The Balaban J connectivity index is 1.62. The number of para-hydroxylation sites is 1. The van der Waals surface area contributed by atoms with Crippen molar-refractivity contribution in [2.45, 2.75) is 104 Å². The minimum absolute atomic E-state index is 0.0857. The number of nitrogens with zero attached hydrogens (tertiary/aromatic N) is 2. The van der Waals surface area contributed by atoms with Crippen LogP contribution in [0.3, 0.4) is 0 Å². The molecule has 0 N–H and O–H groups in total. The first-order chi connectivity index (χ1) is 22.6. The van der Waals surface area contributed by atoms with Gasteiger partial charge in [0.05, 0.1) is 5.56 Å². The first-order valence-electron chi connectivity index (χ1n) is 17.3. The number of fused-ring (bicyclic) bond motifs is 1. The van der Waals surface area contributed by atoms with Gasteiger partial charge < -0.3 is 9.47 Å². The van der Waals surface area contributed by atoms with Crippen molar-refractivity contribution in [1.29, 1.82) is 0 Å². The first-order valence-corrected chi connectivity index (χ1v) is 17.3. The van der Waals surface area contributed by atoms with Crippen molar-refractivity contribution in [3.63, 3.8) is 0 Å². The lowest BCUT2D eigenvalue weighted by Crippen LogP contribution is -2.43. The van der Waals surface area contributed by atoms with E-state index in [0.717, 1.165) is 47.1 Å². The number of hydrogen-bond acceptors (Lipinski definition) is 2. The molecule has 1 saturated heterocycles. The van der Waals surface area contributed by atoms with Crippen molar-refractivity contribution in [3.05, 3.63) is 106 Å². The minimum atomic E-state index is -4.52. The molecule has 1 aromatic heterocycles. The number of carbonyl (C=O) groups excluding carboxylic acids is 2. The first kappa shape index (κ1) is 35.4. The molecule has 256 valence electrons. The summed E-state index contributed by atoms with van der Waals surface area (Å²) in [6.45, 7) is 15.9. The number of likely N-dealkylation sites (tertiary alicyclic amines) is 1. The Morgan fingerprint density at radius 2 is 1.50 bits per heavy atom. The summed E-state index contributed by atoms with van der Waals surface area (Å²) in [5.41, 5.74) is 3.47. The van der Waals surface area contributed by atoms with Crippen molar-refractivity contribution < 1.29 is 22.8 Å². The lowest BCUT2D eigenvalue weighted by atomic mass is 9.84. The molecule has 4 aromatic rings. The van der Waals surface area contributed by atoms with E-state index in [-0.39, 0.29) is 34.5 Å². The topological polar surface area (TPSA) is 42.3 Å². The van der Waals surface area contributed by atoms with Crippen molar-refractivity contribution >= 4 is 22.6 Å². The van der Waals surface area contributed by atoms with E-state index < -0.39 is 17.8 Å². The van der Waals surface area contributed by atoms with E-state index in [1.54, 1.807) is 4.90 Å². The normalized spacial score (nSPS) is 17.2. The van der Waals surface area contributed by atoms with E-state index in [4.69, 9.17) is 0 Å². The molecule has 1 fully saturated rings. The number of rotatable bonds is 10. The molecule has 48 heavy (non-hydrogen) atoms. The number of alkyl halides is 3. The Kier molecular flexibility index (Phi) is 10.3. The zero-order valence-electron chi connectivity index (χ0n) is 29.3. The average Bonchev–Trinajstić information content (AvgIpc) is 3.63. The number of amides is 1. The van der Waals surface area contributed by atoms with Crippen LogP contribution in [0.2, 0.25) is 0 Å². The summed E-state index contributed by atoms with van der Waals surface area (Å²) in [6.07, 6.45) is 0.158.